The van der Waals surface area contributed by atoms with Crippen LogP contribution in [-0.2, 0) is 3.84 Å². The number of H-pyrrole nitrogens is 2. The maximum absolute atomic E-state index is 11.0. The number of nitrogens with zero attached hydrogens (tertiary/aromatic N) is 2. The van der Waals surface area contributed by atoms with E-state index in [9.17, 15) is 4.79 Å². The van der Waals surface area contributed by atoms with E-state index in [0.29, 0.717) is 11.2 Å². The van der Waals surface area contributed by atoms with Crippen LogP contribution in [0.2, 0.25) is 0 Å². The first-order chi connectivity index (χ1) is 6.69. The molecule has 0 amide bonds. The summed E-state index contributed by atoms with van der Waals surface area (Å²) in [5, 5.41) is 0. The number of hydrogen-bond donors (Lipinski definition) is 3. The maximum Gasteiger partial charge on any atom is 0.278 e. The molecule has 4 N–H and O–H groups in total. The number of hydrogen-bond acceptors (Lipinski definition) is 5. The molecule has 0 saturated carbocycles. The van der Waals surface area contributed by atoms with E-state index in [1.807, 2.05) is 0 Å². The van der Waals surface area contributed by atoms with Crippen LogP contribution in [0.25, 0.3) is 11.2 Å². The minimum atomic E-state index is -0.301. The number of rotatable bonds is 0. The van der Waals surface area contributed by atoms with Gasteiger partial charge in [0.05, 0.1) is 30.1 Å². The Morgan fingerprint density at radius 3 is 2.67 bits per heavy atom. The van der Waals surface area contributed by atoms with Crippen LogP contribution in [0.4, 0.5) is 5.95 Å². The molecule has 0 unspecified atom stereocenters. The third-order valence-electron chi connectivity index (χ3n) is 1.31. The Hall–Kier alpha value is -0.427. The summed E-state index contributed by atoms with van der Waals surface area (Å²) in [7, 11) is 0. The van der Waals surface area contributed by atoms with Crippen LogP contribution >= 0.6 is 23.7 Å². The van der Waals surface area contributed by atoms with Crippen molar-refractivity contribution in [3.05, 3.63) is 16.7 Å². The van der Waals surface area contributed by atoms with Crippen molar-refractivity contribution in [2.75, 3.05) is 5.73 Å². The van der Waals surface area contributed by atoms with E-state index in [2.05, 4.69) is 47.5 Å². The standard InChI is InChI=1S/C5H5N5O.Bi.Cl2O/c6-5-9-3-2(4(11)10-5)7-1-8-3;;1-3-2/h1H,(H4,6,7,8,9,10,11);;. The molecule has 0 aliphatic rings. The minimum absolute atomic E-state index is 0. The zero-order valence-corrected chi connectivity index (χ0v) is 12.1. The summed E-state index contributed by atoms with van der Waals surface area (Å²) in [5.74, 6) is 0.0783. The van der Waals surface area contributed by atoms with E-state index >= 15 is 0 Å². The molecule has 0 bridgehead atoms. The first-order valence-corrected chi connectivity index (χ1v) is 3.89. The van der Waals surface area contributed by atoms with Gasteiger partial charge in [-0.25, -0.2) is 4.98 Å². The van der Waals surface area contributed by atoms with Gasteiger partial charge in [0.1, 0.15) is 0 Å². The molecule has 3 radical (unpaired) electrons. The molecular weight excluding hydrogens is 442 g/mol. The van der Waals surface area contributed by atoms with Crippen molar-refractivity contribution in [3.8, 4) is 0 Å². The SMILES string of the molecule is ClOCl.Nc1nc2nc[nH]c2c(=O)[nH]1.[Bi]. The topological polar surface area (TPSA) is 110 Å². The monoisotopic (exact) mass is 446 g/mol. The summed E-state index contributed by atoms with van der Waals surface area (Å²) < 4.78 is 3.19. The molecule has 2 aromatic rings. The Kier molecular flexibility index (Phi) is 6.75. The van der Waals surface area contributed by atoms with Gasteiger partial charge in [0.2, 0.25) is 5.95 Å². The molecule has 0 spiro atoms. The summed E-state index contributed by atoms with van der Waals surface area (Å²) >= 11 is 8.53. The zero-order valence-electron chi connectivity index (χ0n) is 7.07. The zero-order chi connectivity index (χ0) is 10.6. The van der Waals surface area contributed by atoms with E-state index in [4.69, 9.17) is 5.73 Å². The molecule has 2 heterocycles. The van der Waals surface area contributed by atoms with E-state index in [1.165, 1.54) is 6.33 Å². The first-order valence-electron chi connectivity index (χ1n) is 3.27. The summed E-state index contributed by atoms with van der Waals surface area (Å²) in [5.41, 5.74) is 5.65. The molecule has 81 valence electrons. The van der Waals surface area contributed by atoms with Crippen molar-refractivity contribution in [1.29, 1.82) is 0 Å². The molecule has 15 heavy (non-hydrogen) atoms. The molecule has 7 nitrogen and oxygen atoms in total. The Morgan fingerprint density at radius 2 is 2.07 bits per heavy atom. The first kappa shape index (κ1) is 14.6. The summed E-state index contributed by atoms with van der Waals surface area (Å²) in [6.07, 6.45) is 1.40. The number of nitrogen functional groups attached to an aromatic ring is 1. The predicted octanol–water partition coefficient (Wildman–Crippen LogP) is 0.158. The van der Waals surface area contributed by atoms with Gasteiger partial charge in [0, 0.05) is 26.2 Å². The molecule has 0 aliphatic carbocycles. The molecule has 0 fully saturated rings. The molecule has 0 saturated heterocycles. The average molecular weight is 447 g/mol. The Bertz CT molecular complexity index is 472. The smallest absolute Gasteiger partial charge is 0.278 e. The van der Waals surface area contributed by atoms with Gasteiger partial charge < -0.3 is 10.7 Å². The van der Waals surface area contributed by atoms with E-state index in [-0.39, 0.29) is 37.7 Å². The van der Waals surface area contributed by atoms with Crippen LogP contribution in [0, 0.1) is 0 Å². The Morgan fingerprint density at radius 1 is 1.47 bits per heavy atom. The van der Waals surface area contributed by atoms with Gasteiger partial charge in [-0.1, -0.05) is 0 Å². The number of nitrogens with one attached hydrogen (secondary N) is 2. The molecule has 2 aromatic heterocycles. The fourth-order valence-electron chi connectivity index (χ4n) is 0.860. The molecule has 0 aliphatic heterocycles. The number of halogens is 2. The molecule has 0 atom stereocenters. The molecule has 0 aromatic carbocycles. The van der Waals surface area contributed by atoms with Crippen molar-refractivity contribution in [3.63, 3.8) is 0 Å². The molecular formula is C5H5BiCl2N5O2. The quantitative estimate of drug-likeness (QED) is 0.499. The van der Waals surface area contributed by atoms with Crippen molar-refractivity contribution in [1.82, 2.24) is 19.9 Å². The largest absolute Gasteiger partial charge is 0.369 e. The van der Waals surface area contributed by atoms with Gasteiger partial charge in [-0.15, -0.1) is 0 Å². The van der Waals surface area contributed by atoms with Crippen molar-refractivity contribution in [2.45, 2.75) is 0 Å². The maximum atomic E-state index is 11.0. The fraction of sp³-hybridized carbons (Fsp3) is 0. The predicted molar refractivity (Wildman–Crippen MR) is 57.5 cm³/mol. The van der Waals surface area contributed by atoms with Gasteiger partial charge in [-0.2, -0.15) is 8.83 Å². The van der Waals surface area contributed by atoms with E-state index < -0.39 is 0 Å². The second-order valence-corrected chi connectivity index (χ2v) is 2.58. The average Bonchev–Trinajstić information content (AvgIpc) is 2.53. The molecule has 10 heteroatoms. The normalized spacial score (nSPS) is 8.93. The molecule has 2 rings (SSSR count). The number of fused-ring (bicyclic) bond motifs is 1. The van der Waals surface area contributed by atoms with E-state index in [0.717, 1.165) is 0 Å². The third kappa shape index (κ3) is 3.91. The summed E-state index contributed by atoms with van der Waals surface area (Å²) in [6, 6.07) is 0. The number of aromatic nitrogens is 4. The van der Waals surface area contributed by atoms with Crippen LogP contribution in [-0.4, -0.2) is 46.1 Å². The second kappa shape index (κ2) is 6.95. The summed E-state index contributed by atoms with van der Waals surface area (Å²) in [6.45, 7) is 0. The second-order valence-electron chi connectivity index (χ2n) is 2.11. The third-order valence-corrected chi connectivity index (χ3v) is 1.31. The van der Waals surface area contributed by atoms with Gasteiger partial charge in [-0.3, -0.25) is 9.78 Å². The van der Waals surface area contributed by atoms with Crippen molar-refractivity contribution < 1.29 is 3.84 Å². The van der Waals surface area contributed by atoms with Crippen LogP contribution in [0.3, 0.4) is 0 Å². The summed E-state index contributed by atoms with van der Waals surface area (Å²) in [4.78, 5) is 23.5. The van der Waals surface area contributed by atoms with E-state index in [1.54, 1.807) is 0 Å². The van der Waals surface area contributed by atoms with Crippen LogP contribution < -0.4 is 11.3 Å². The fourth-order valence-corrected chi connectivity index (χ4v) is 0.860. The minimum Gasteiger partial charge on any atom is -0.369 e. The number of aromatic amines is 2. The van der Waals surface area contributed by atoms with Crippen molar-refractivity contribution >= 4 is 67.0 Å². The van der Waals surface area contributed by atoms with Gasteiger partial charge in [-0.05, 0) is 0 Å². The number of imidazole rings is 1. The van der Waals surface area contributed by atoms with Crippen LogP contribution in [0.15, 0.2) is 11.1 Å². The van der Waals surface area contributed by atoms with Crippen molar-refractivity contribution in [2.24, 2.45) is 0 Å². The van der Waals surface area contributed by atoms with Crippen LogP contribution in [0.1, 0.15) is 0 Å². The Balaban J connectivity index is 0.000000443. The van der Waals surface area contributed by atoms with Gasteiger partial charge in [0.15, 0.2) is 11.2 Å². The number of anilines is 1. The Labute approximate surface area is 113 Å². The van der Waals surface area contributed by atoms with Gasteiger partial charge in [0.25, 0.3) is 5.56 Å². The number of nitrogens with two attached hydrogens (primary N) is 1. The van der Waals surface area contributed by atoms with Gasteiger partial charge >= 0.3 is 0 Å². The van der Waals surface area contributed by atoms with Crippen LogP contribution in [0.5, 0.6) is 0 Å².